The molecule has 3 aromatic carbocycles. The summed E-state index contributed by atoms with van der Waals surface area (Å²) < 4.78 is 34.1. The van der Waals surface area contributed by atoms with Gasteiger partial charge in [-0.05, 0) is 29.8 Å². The molecule has 0 aliphatic heterocycles. The molecule has 0 aliphatic carbocycles. The highest BCUT2D eigenvalue weighted by Crippen LogP contribution is 2.51. The molecule has 0 saturated carbocycles. The van der Waals surface area contributed by atoms with Gasteiger partial charge < -0.3 is 10.2 Å². The Kier molecular flexibility index (Phi) is 5.98. The van der Waals surface area contributed by atoms with E-state index < -0.39 is 26.4 Å². The summed E-state index contributed by atoms with van der Waals surface area (Å²) in [5.74, 6) is -1.36. The molecule has 1 unspecified atom stereocenters. The molecule has 29 heavy (non-hydrogen) atoms. The summed E-state index contributed by atoms with van der Waals surface area (Å²) in [6.07, 6.45) is 0. The Morgan fingerprint density at radius 2 is 1.34 bits per heavy atom. The third-order valence-electron chi connectivity index (χ3n) is 4.42. The highest BCUT2D eigenvalue weighted by molar-refractivity contribution is 7.87. The molecule has 10 heteroatoms. The van der Waals surface area contributed by atoms with Crippen LogP contribution in [0.5, 0.6) is 11.5 Å². The number of hydrogen-bond donors (Lipinski definition) is 3. The van der Waals surface area contributed by atoms with E-state index in [1.807, 2.05) is 0 Å². The van der Waals surface area contributed by atoms with Gasteiger partial charge in [0.05, 0.1) is 15.1 Å². The van der Waals surface area contributed by atoms with Gasteiger partial charge in [-0.2, -0.15) is 8.42 Å². The Morgan fingerprint density at radius 3 is 1.93 bits per heavy atom. The van der Waals surface area contributed by atoms with Crippen LogP contribution in [0.25, 0.3) is 0 Å². The lowest BCUT2D eigenvalue weighted by molar-refractivity contribution is 0.402. The lowest BCUT2D eigenvalue weighted by Gasteiger charge is -2.34. The predicted molar refractivity (Wildman–Crippen MR) is 114 cm³/mol. The zero-order valence-corrected chi connectivity index (χ0v) is 18.1. The Morgan fingerprint density at radius 1 is 0.759 bits per heavy atom. The van der Waals surface area contributed by atoms with E-state index in [0.29, 0.717) is 0 Å². The molecule has 0 radical (unpaired) electrons. The normalized spacial score (nSPS) is 13.8. The van der Waals surface area contributed by atoms with Crippen LogP contribution in [0.1, 0.15) is 16.7 Å². The molecular weight excluding hydrogens is 482 g/mol. The van der Waals surface area contributed by atoms with Gasteiger partial charge in [0.15, 0.2) is 16.2 Å². The van der Waals surface area contributed by atoms with Crippen LogP contribution in [0.15, 0.2) is 54.6 Å². The molecule has 0 aromatic heterocycles. The second-order valence-electron chi connectivity index (χ2n) is 6.06. The smallest absolute Gasteiger partial charge is 0.283 e. The highest BCUT2D eigenvalue weighted by atomic mass is 35.5. The molecule has 0 amide bonds. The highest BCUT2D eigenvalue weighted by Gasteiger charge is 2.51. The van der Waals surface area contributed by atoms with E-state index in [9.17, 15) is 23.2 Å². The van der Waals surface area contributed by atoms with Crippen molar-refractivity contribution in [3.63, 3.8) is 0 Å². The van der Waals surface area contributed by atoms with Crippen LogP contribution in [0, 0.1) is 0 Å². The maximum absolute atomic E-state index is 13.0. The van der Waals surface area contributed by atoms with Crippen LogP contribution in [0.3, 0.4) is 0 Å². The first-order valence-electron chi connectivity index (χ1n) is 7.90. The van der Waals surface area contributed by atoms with E-state index in [0.717, 1.165) is 12.1 Å². The van der Waals surface area contributed by atoms with Gasteiger partial charge in [-0.15, -0.1) is 0 Å². The summed E-state index contributed by atoms with van der Waals surface area (Å²) in [4.78, 5) is 0. The van der Waals surface area contributed by atoms with Gasteiger partial charge in [0.25, 0.3) is 10.1 Å². The minimum atomic E-state index is -5.07. The van der Waals surface area contributed by atoms with Crippen LogP contribution in [0.4, 0.5) is 0 Å². The minimum absolute atomic E-state index is 0.00939. The van der Waals surface area contributed by atoms with E-state index in [-0.39, 0.29) is 36.8 Å². The second kappa shape index (κ2) is 7.87. The molecule has 5 nitrogen and oxygen atoms in total. The SMILES string of the molecule is O=S(=O)(O)C(c1cc(O)c(O)c(Cl)c1)(c1ccccc1Cl)c1cccc(Cl)c1Cl. The van der Waals surface area contributed by atoms with Gasteiger partial charge in [0.2, 0.25) is 0 Å². The fraction of sp³-hybridized carbons (Fsp3) is 0.0526. The molecule has 3 N–H and O–H groups in total. The lowest BCUT2D eigenvalue weighted by atomic mass is 9.83. The van der Waals surface area contributed by atoms with Crippen molar-refractivity contribution in [2.75, 3.05) is 0 Å². The van der Waals surface area contributed by atoms with Crippen LogP contribution in [-0.4, -0.2) is 23.2 Å². The number of aromatic hydroxyl groups is 2. The first-order valence-corrected chi connectivity index (χ1v) is 10.9. The number of halogens is 4. The van der Waals surface area contributed by atoms with E-state index in [2.05, 4.69) is 0 Å². The van der Waals surface area contributed by atoms with Crippen LogP contribution >= 0.6 is 46.4 Å². The van der Waals surface area contributed by atoms with E-state index in [1.165, 1.54) is 36.4 Å². The zero-order valence-electron chi connectivity index (χ0n) is 14.3. The van der Waals surface area contributed by atoms with Crippen molar-refractivity contribution in [1.29, 1.82) is 0 Å². The maximum Gasteiger partial charge on any atom is 0.283 e. The molecule has 0 spiro atoms. The zero-order chi connectivity index (χ0) is 21.6. The summed E-state index contributed by atoms with van der Waals surface area (Å²) in [5, 5.41) is 19.4. The summed E-state index contributed by atoms with van der Waals surface area (Å²) >= 11 is 24.8. The van der Waals surface area contributed by atoms with Crippen molar-refractivity contribution in [2.24, 2.45) is 0 Å². The van der Waals surface area contributed by atoms with Crippen LogP contribution in [-0.2, 0) is 14.9 Å². The first kappa shape index (κ1) is 22.0. The van der Waals surface area contributed by atoms with E-state index >= 15 is 0 Å². The number of benzene rings is 3. The fourth-order valence-electron chi connectivity index (χ4n) is 3.19. The molecule has 152 valence electrons. The minimum Gasteiger partial charge on any atom is -0.504 e. The van der Waals surface area contributed by atoms with Crippen molar-refractivity contribution >= 4 is 56.5 Å². The number of phenolic OH excluding ortho intramolecular Hbond substituents is 2. The number of hydrogen-bond acceptors (Lipinski definition) is 4. The third kappa shape index (κ3) is 3.54. The Hall–Kier alpha value is -1.67. The average Bonchev–Trinajstić information content (AvgIpc) is 2.63. The molecule has 3 aromatic rings. The quantitative estimate of drug-likeness (QED) is 0.239. The van der Waals surface area contributed by atoms with Crippen LogP contribution in [0.2, 0.25) is 20.1 Å². The third-order valence-corrected chi connectivity index (χ3v) is 7.31. The molecule has 3 rings (SSSR count). The molecule has 0 fully saturated rings. The van der Waals surface area contributed by atoms with Crippen molar-refractivity contribution in [2.45, 2.75) is 4.75 Å². The molecule has 0 aliphatic rings. The Labute approximate surface area is 186 Å². The van der Waals surface area contributed by atoms with E-state index in [1.54, 1.807) is 6.07 Å². The fourth-order valence-corrected chi connectivity index (χ4v) is 5.56. The van der Waals surface area contributed by atoms with Crippen molar-refractivity contribution in [3.8, 4) is 11.5 Å². The molecule has 0 bridgehead atoms. The van der Waals surface area contributed by atoms with Crippen molar-refractivity contribution in [1.82, 2.24) is 0 Å². The average molecular weight is 494 g/mol. The standard InChI is InChI=1S/C19H12Cl4O5S/c20-13-6-2-1-4-11(13)19(29(26,27)28,12-5-3-7-14(21)17(12)23)10-8-15(22)18(25)16(24)9-10/h1-9,24-25H,(H,26,27,28). The van der Waals surface area contributed by atoms with Gasteiger partial charge in [-0.25, -0.2) is 0 Å². The Balaban J connectivity index is 2.63. The largest absolute Gasteiger partial charge is 0.504 e. The van der Waals surface area contributed by atoms with Gasteiger partial charge in [0, 0.05) is 16.1 Å². The second-order valence-corrected chi connectivity index (χ2v) is 9.23. The Bertz CT molecular complexity index is 1190. The summed E-state index contributed by atoms with van der Waals surface area (Å²) in [6.45, 7) is 0. The maximum atomic E-state index is 13.0. The molecule has 0 saturated heterocycles. The molecule has 0 heterocycles. The molecule has 1 atom stereocenters. The van der Waals surface area contributed by atoms with Gasteiger partial charge in [0.1, 0.15) is 0 Å². The summed E-state index contributed by atoms with van der Waals surface area (Å²) in [6, 6.07) is 12.2. The summed E-state index contributed by atoms with van der Waals surface area (Å²) in [7, 11) is -5.07. The van der Waals surface area contributed by atoms with Gasteiger partial charge in [-0.1, -0.05) is 76.7 Å². The first-order chi connectivity index (χ1) is 13.5. The van der Waals surface area contributed by atoms with E-state index in [4.69, 9.17) is 46.4 Å². The summed E-state index contributed by atoms with van der Waals surface area (Å²) in [5.41, 5.74) is -0.393. The monoisotopic (exact) mass is 492 g/mol. The topological polar surface area (TPSA) is 94.8 Å². The van der Waals surface area contributed by atoms with Crippen molar-refractivity contribution < 1.29 is 23.2 Å². The number of rotatable bonds is 4. The molecular formula is C19H12Cl4O5S. The number of phenols is 2. The lowest BCUT2D eigenvalue weighted by Crippen LogP contribution is -2.39. The predicted octanol–water partition coefficient (Wildman–Crippen LogP) is 5.89. The van der Waals surface area contributed by atoms with Gasteiger partial charge >= 0.3 is 0 Å². The van der Waals surface area contributed by atoms with Gasteiger partial charge in [-0.3, -0.25) is 4.55 Å². The van der Waals surface area contributed by atoms with Crippen molar-refractivity contribution in [3.05, 3.63) is 91.4 Å². The van der Waals surface area contributed by atoms with Crippen LogP contribution < -0.4 is 0 Å².